The van der Waals surface area contributed by atoms with Gasteiger partial charge in [0.1, 0.15) is 0 Å². The van der Waals surface area contributed by atoms with Gasteiger partial charge in [-0.1, -0.05) is 23.8 Å². The highest BCUT2D eigenvalue weighted by atomic mass is 35.5. The Kier molecular flexibility index (Phi) is 5.26. The number of rotatable bonds is 4. The number of halogens is 1. The molecule has 0 aliphatic heterocycles. The molecule has 0 aromatic carbocycles. The topological polar surface area (TPSA) is 3.24 Å². The molecule has 0 bridgehead atoms. The van der Waals surface area contributed by atoms with E-state index < -0.39 is 0 Å². The summed E-state index contributed by atoms with van der Waals surface area (Å²) in [6, 6.07) is 0. The van der Waals surface area contributed by atoms with Gasteiger partial charge >= 0.3 is 0 Å². The molecule has 0 spiro atoms. The molecule has 0 saturated heterocycles. The Balaban J connectivity index is 3.83. The normalized spacial score (nSPS) is 8.50. The lowest BCUT2D eigenvalue weighted by molar-refractivity contribution is 0.531. The smallest absolute Gasteiger partial charge is 0.170 e. The van der Waals surface area contributed by atoms with Crippen LogP contribution >= 0.6 is 23.8 Å². The molecule has 0 aromatic heterocycles. The van der Waals surface area contributed by atoms with Crippen LogP contribution in [0.5, 0.6) is 0 Å². The quantitative estimate of drug-likeness (QED) is 0.279. The van der Waals surface area contributed by atoms with Crippen LogP contribution in [0.3, 0.4) is 0 Å². The van der Waals surface area contributed by atoms with E-state index in [0.717, 1.165) is 0 Å². The van der Waals surface area contributed by atoms with E-state index in [-0.39, 0.29) is 0 Å². The molecular weight excluding hydrogens is 166 g/mol. The zero-order valence-corrected chi connectivity index (χ0v) is 7.29. The number of hydrogen-bond acceptors (Lipinski definition) is 1. The first-order valence-electron chi connectivity index (χ1n) is 2.88. The van der Waals surface area contributed by atoms with E-state index in [1.807, 2.05) is 0 Å². The van der Waals surface area contributed by atoms with Crippen molar-refractivity contribution < 1.29 is 0 Å². The minimum atomic E-state index is 0.361. The molecule has 0 radical (unpaired) electrons. The monoisotopic (exact) mass is 175 g/mol. The van der Waals surface area contributed by atoms with E-state index in [0.29, 0.717) is 17.5 Å². The average Bonchev–Trinajstić information content (AvgIpc) is 1.87. The van der Waals surface area contributed by atoms with Crippen LogP contribution in [0.4, 0.5) is 0 Å². The third-order valence-corrected chi connectivity index (χ3v) is 1.44. The number of nitrogens with zero attached hydrogens (tertiary/aromatic N) is 1. The molecule has 0 rings (SSSR count). The Hall–Kier alpha value is -0.340. The molecule has 0 N–H and O–H groups in total. The van der Waals surface area contributed by atoms with E-state index in [9.17, 15) is 0 Å². The van der Waals surface area contributed by atoms with Crippen molar-refractivity contribution >= 4 is 28.3 Å². The standard InChI is InChI=1S/C7H10ClNS/c1-3-5-9(6-4-2)7(8)10/h3-4H,1-2,5-6H2. The van der Waals surface area contributed by atoms with Crippen molar-refractivity contribution in [3.63, 3.8) is 0 Å². The molecule has 3 heteroatoms. The van der Waals surface area contributed by atoms with Gasteiger partial charge in [0.2, 0.25) is 0 Å². The van der Waals surface area contributed by atoms with Gasteiger partial charge in [-0.25, -0.2) is 0 Å². The van der Waals surface area contributed by atoms with Crippen molar-refractivity contribution in [2.75, 3.05) is 13.1 Å². The second-order valence-corrected chi connectivity index (χ2v) is 2.70. The first kappa shape index (κ1) is 9.66. The fourth-order valence-electron chi connectivity index (χ4n) is 0.530. The highest BCUT2D eigenvalue weighted by molar-refractivity contribution is 7.83. The summed E-state index contributed by atoms with van der Waals surface area (Å²) in [5, 5.41) is 0. The molecule has 0 unspecified atom stereocenters. The van der Waals surface area contributed by atoms with E-state index in [2.05, 4.69) is 13.2 Å². The summed E-state index contributed by atoms with van der Waals surface area (Å²) < 4.78 is 0.361. The summed E-state index contributed by atoms with van der Waals surface area (Å²) in [4.78, 5) is 1.79. The highest BCUT2D eigenvalue weighted by Crippen LogP contribution is 1.96. The van der Waals surface area contributed by atoms with Crippen LogP contribution in [0.2, 0.25) is 0 Å². The molecule has 1 nitrogen and oxygen atoms in total. The summed E-state index contributed by atoms with van der Waals surface area (Å²) in [7, 11) is 0. The van der Waals surface area contributed by atoms with Crippen LogP contribution in [0, 0.1) is 0 Å². The second-order valence-electron chi connectivity index (χ2n) is 1.74. The molecule has 56 valence electrons. The van der Waals surface area contributed by atoms with Crippen molar-refractivity contribution in [1.82, 2.24) is 4.90 Å². The van der Waals surface area contributed by atoms with E-state index in [1.165, 1.54) is 0 Å². The van der Waals surface area contributed by atoms with Crippen LogP contribution in [-0.2, 0) is 0 Å². The van der Waals surface area contributed by atoms with Crippen molar-refractivity contribution in [3.8, 4) is 0 Å². The Labute approximate surface area is 72.0 Å². The minimum absolute atomic E-state index is 0.361. The number of hydrogen-bond donors (Lipinski definition) is 0. The maximum absolute atomic E-state index is 5.56. The lowest BCUT2D eigenvalue weighted by Gasteiger charge is -2.16. The fraction of sp³-hybridized carbons (Fsp3) is 0.286. The van der Waals surface area contributed by atoms with E-state index in [4.69, 9.17) is 23.8 Å². The largest absolute Gasteiger partial charge is 0.346 e. The van der Waals surface area contributed by atoms with Crippen molar-refractivity contribution in [2.24, 2.45) is 0 Å². The van der Waals surface area contributed by atoms with Crippen LogP contribution in [0.1, 0.15) is 0 Å². The summed E-state index contributed by atoms with van der Waals surface area (Å²) in [6.45, 7) is 8.49. The Morgan fingerprint density at radius 1 is 1.40 bits per heavy atom. The molecule has 0 aromatic rings. The highest BCUT2D eigenvalue weighted by Gasteiger charge is 2.00. The Bertz CT molecular complexity index is 135. The third-order valence-electron chi connectivity index (χ3n) is 0.948. The van der Waals surface area contributed by atoms with Crippen molar-refractivity contribution in [2.45, 2.75) is 0 Å². The van der Waals surface area contributed by atoms with Crippen LogP contribution in [0.15, 0.2) is 25.3 Å². The van der Waals surface area contributed by atoms with Gasteiger partial charge in [-0.3, -0.25) is 0 Å². The molecular formula is C7H10ClNS. The molecule has 0 atom stereocenters. The van der Waals surface area contributed by atoms with Crippen molar-refractivity contribution in [3.05, 3.63) is 25.3 Å². The summed E-state index contributed by atoms with van der Waals surface area (Å²) in [6.07, 6.45) is 3.50. The lowest BCUT2D eigenvalue weighted by Crippen LogP contribution is -2.25. The first-order chi connectivity index (χ1) is 4.72. The van der Waals surface area contributed by atoms with Gasteiger partial charge in [0.05, 0.1) is 0 Å². The Morgan fingerprint density at radius 2 is 1.80 bits per heavy atom. The average molecular weight is 176 g/mol. The first-order valence-corrected chi connectivity index (χ1v) is 3.67. The maximum atomic E-state index is 5.56. The molecule has 0 aliphatic rings. The molecule has 0 heterocycles. The second kappa shape index (κ2) is 5.45. The van der Waals surface area contributed by atoms with Crippen molar-refractivity contribution in [1.29, 1.82) is 0 Å². The van der Waals surface area contributed by atoms with Gasteiger partial charge in [0.25, 0.3) is 0 Å². The van der Waals surface area contributed by atoms with Crippen LogP contribution < -0.4 is 0 Å². The maximum Gasteiger partial charge on any atom is 0.170 e. The van der Waals surface area contributed by atoms with Gasteiger partial charge in [-0.05, 0) is 12.2 Å². The fourth-order valence-corrected chi connectivity index (χ4v) is 0.817. The zero-order chi connectivity index (χ0) is 7.98. The predicted molar refractivity (Wildman–Crippen MR) is 50.4 cm³/mol. The zero-order valence-electron chi connectivity index (χ0n) is 5.72. The van der Waals surface area contributed by atoms with Gasteiger partial charge in [0, 0.05) is 13.1 Å². The molecule has 0 saturated carbocycles. The molecule has 0 fully saturated rings. The molecule has 0 amide bonds. The van der Waals surface area contributed by atoms with Gasteiger partial charge < -0.3 is 4.90 Å². The van der Waals surface area contributed by atoms with Gasteiger partial charge in [-0.15, -0.1) is 13.2 Å². The summed E-state index contributed by atoms with van der Waals surface area (Å²) in [5.74, 6) is 0. The van der Waals surface area contributed by atoms with Crippen LogP contribution in [-0.4, -0.2) is 22.4 Å². The van der Waals surface area contributed by atoms with Gasteiger partial charge in [-0.2, -0.15) is 0 Å². The summed E-state index contributed by atoms with van der Waals surface area (Å²) >= 11 is 10.3. The number of thiocarbonyl (C=S) groups is 1. The molecule has 0 aliphatic carbocycles. The van der Waals surface area contributed by atoms with E-state index in [1.54, 1.807) is 17.1 Å². The molecule has 10 heavy (non-hydrogen) atoms. The van der Waals surface area contributed by atoms with Gasteiger partial charge in [0.15, 0.2) is 4.45 Å². The minimum Gasteiger partial charge on any atom is -0.346 e. The lowest BCUT2D eigenvalue weighted by atomic mass is 10.5. The van der Waals surface area contributed by atoms with Crippen LogP contribution in [0.25, 0.3) is 0 Å². The third kappa shape index (κ3) is 3.64. The van der Waals surface area contributed by atoms with E-state index >= 15 is 0 Å². The Morgan fingerprint density at radius 3 is 2.00 bits per heavy atom. The predicted octanol–water partition coefficient (Wildman–Crippen LogP) is 2.18. The summed E-state index contributed by atoms with van der Waals surface area (Å²) in [5.41, 5.74) is 0. The SMILES string of the molecule is C=CCN(CC=C)C(=S)Cl.